The Balaban J connectivity index is 1.58. The molecular weight excluding hydrogens is 713 g/mol. The molecule has 2 aromatic carbocycles. The first-order chi connectivity index (χ1) is 26.6. The minimum atomic E-state index is -1.06. The van der Waals surface area contributed by atoms with E-state index in [-0.39, 0.29) is 36.0 Å². The molecule has 2 aromatic rings. The highest BCUT2D eigenvalue weighted by atomic mass is 16.4. The quantitative estimate of drug-likeness (QED) is 0.249. The third kappa shape index (κ3) is 10.3. The lowest BCUT2D eigenvalue weighted by Crippen LogP contribution is -2.61. The third-order valence-electron chi connectivity index (χ3n) is 11.6. The zero-order valence-electron chi connectivity index (χ0n) is 34.4. The number of rotatable bonds is 17. The molecule has 306 valence electrons. The fourth-order valence-electron chi connectivity index (χ4n) is 8.25. The fourth-order valence-corrected chi connectivity index (χ4v) is 8.25. The van der Waals surface area contributed by atoms with Gasteiger partial charge in [0.15, 0.2) is 0 Å². The number of carboxylic acid groups (broad SMARTS) is 1. The Bertz CT molecular complexity index is 1670. The van der Waals surface area contributed by atoms with Gasteiger partial charge >= 0.3 is 5.97 Å². The van der Waals surface area contributed by atoms with Crippen molar-refractivity contribution >= 4 is 35.5 Å². The van der Waals surface area contributed by atoms with Crippen molar-refractivity contribution in [1.82, 2.24) is 29.8 Å². The molecule has 2 fully saturated rings. The average Bonchev–Trinajstić information content (AvgIpc) is 3.88. The summed E-state index contributed by atoms with van der Waals surface area (Å²) < 4.78 is 0. The van der Waals surface area contributed by atoms with Crippen LogP contribution in [0.25, 0.3) is 0 Å². The molecule has 56 heavy (non-hydrogen) atoms. The van der Waals surface area contributed by atoms with E-state index in [1.807, 2.05) is 107 Å². The number of carboxylic acids is 1. The Morgan fingerprint density at radius 2 is 1.23 bits per heavy atom. The van der Waals surface area contributed by atoms with Gasteiger partial charge in [0, 0.05) is 33.6 Å². The third-order valence-corrected chi connectivity index (χ3v) is 11.6. The van der Waals surface area contributed by atoms with E-state index >= 15 is 0 Å². The molecule has 5 amide bonds. The summed E-state index contributed by atoms with van der Waals surface area (Å²) >= 11 is 0. The number of nitrogens with zero attached hydrogens (tertiary/aromatic N) is 5. The van der Waals surface area contributed by atoms with E-state index in [2.05, 4.69) is 5.32 Å². The van der Waals surface area contributed by atoms with Gasteiger partial charge in [-0.1, -0.05) is 94.8 Å². The van der Waals surface area contributed by atoms with Crippen molar-refractivity contribution in [3.63, 3.8) is 0 Å². The van der Waals surface area contributed by atoms with E-state index in [0.29, 0.717) is 51.6 Å². The average molecular weight is 775 g/mol. The number of hydrogen-bond acceptors (Lipinski definition) is 7. The monoisotopic (exact) mass is 774 g/mol. The number of carbonyl (C=O) groups excluding carboxylic acids is 5. The van der Waals surface area contributed by atoms with Gasteiger partial charge in [0.1, 0.15) is 30.2 Å². The molecule has 2 aliphatic rings. The summed E-state index contributed by atoms with van der Waals surface area (Å²) in [6.07, 6.45) is 3.11. The Hall–Kier alpha value is -4.78. The van der Waals surface area contributed by atoms with Crippen molar-refractivity contribution in [2.24, 2.45) is 11.8 Å². The molecule has 13 nitrogen and oxygen atoms in total. The van der Waals surface area contributed by atoms with Crippen molar-refractivity contribution in [2.75, 3.05) is 41.3 Å². The molecule has 0 aromatic heterocycles. The minimum absolute atomic E-state index is 0.209. The zero-order chi connectivity index (χ0) is 41.3. The molecule has 0 bridgehead atoms. The van der Waals surface area contributed by atoms with Crippen LogP contribution in [0.1, 0.15) is 70.9 Å². The van der Waals surface area contributed by atoms with Crippen molar-refractivity contribution in [2.45, 2.75) is 109 Å². The van der Waals surface area contributed by atoms with Crippen LogP contribution in [0.4, 0.5) is 0 Å². The van der Waals surface area contributed by atoms with Crippen LogP contribution in [-0.2, 0) is 41.6 Å². The highest BCUT2D eigenvalue weighted by Gasteiger charge is 2.46. The van der Waals surface area contributed by atoms with Crippen LogP contribution in [0.3, 0.4) is 0 Å². The van der Waals surface area contributed by atoms with Crippen molar-refractivity contribution in [1.29, 1.82) is 0 Å². The van der Waals surface area contributed by atoms with E-state index in [9.17, 15) is 33.9 Å². The molecule has 0 saturated carbocycles. The van der Waals surface area contributed by atoms with Crippen LogP contribution in [0.5, 0.6) is 0 Å². The summed E-state index contributed by atoms with van der Waals surface area (Å²) in [7, 11) is 6.79. The van der Waals surface area contributed by atoms with Gasteiger partial charge in [-0.25, -0.2) is 4.79 Å². The molecule has 7 atom stereocenters. The van der Waals surface area contributed by atoms with E-state index in [1.165, 1.54) is 19.6 Å². The second-order valence-electron chi connectivity index (χ2n) is 16.1. The number of carbonyl (C=O) groups is 6. The zero-order valence-corrected chi connectivity index (χ0v) is 34.4. The van der Waals surface area contributed by atoms with Crippen molar-refractivity contribution in [3.8, 4) is 0 Å². The van der Waals surface area contributed by atoms with Crippen LogP contribution in [0.15, 0.2) is 60.7 Å². The fraction of sp³-hybridized carbons (Fsp3) is 0.581. The largest absolute Gasteiger partial charge is 0.480 e. The number of hydrogen-bond donors (Lipinski definition) is 2. The number of amides is 5. The lowest BCUT2D eigenvalue weighted by molar-refractivity contribution is -0.157. The van der Waals surface area contributed by atoms with Gasteiger partial charge in [0.25, 0.3) is 0 Å². The summed E-state index contributed by atoms with van der Waals surface area (Å²) in [6.45, 7) is 8.11. The maximum atomic E-state index is 14.6. The van der Waals surface area contributed by atoms with Gasteiger partial charge in [-0.15, -0.1) is 0 Å². The number of benzene rings is 2. The van der Waals surface area contributed by atoms with Crippen LogP contribution < -0.4 is 5.32 Å². The first-order valence-corrected chi connectivity index (χ1v) is 20.0. The van der Waals surface area contributed by atoms with Gasteiger partial charge in [-0.3, -0.25) is 28.9 Å². The van der Waals surface area contributed by atoms with Gasteiger partial charge in [0.05, 0.1) is 6.04 Å². The maximum absolute atomic E-state index is 14.6. The smallest absolute Gasteiger partial charge is 0.326 e. The van der Waals surface area contributed by atoms with E-state index in [0.717, 1.165) is 11.1 Å². The highest BCUT2D eigenvalue weighted by molar-refractivity contribution is 5.97. The summed E-state index contributed by atoms with van der Waals surface area (Å²) in [5.74, 6) is -3.56. The molecule has 2 heterocycles. The number of nitrogens with one attached hydrogen (secondary N) is 1. The van der Waals surface area contributed by atoms with Gasteiger partial charge in [-0.05, 0) is 69.2 Å². The number of aliphatic carboxylic acids is 1. The van der Waals surface area contributed by atoms with Crippen LogP contribution in [-0.4, -0.2) is 143 Å². The van der Waals surface area contributed by atoms with E-state index in [1.54, 1.807) is 14.1 Å². The van der Waals surface area contributed by atoms with Crippen molar-refractivity contribution < 1.29 is 33.9 Å². The highest BCUT2D eigenvalue weighted by Crippen LogP contribution is 2.28. The predicted octanol–water partition coefficient (Wildman–Crippen LogP) is 3.31. The molecule has 2 aliphatic heterocycles. The topological polar surface area (TPSA) is 151 Å². The van der Waals surface area contributed by atoms with Crippen molar-refractivity contribution in [3.05, 3.63) is 71.8 Å². The second-order valence-corrected chi connectivity index (χ2v) is 16.1. The van der Waals surface area contributed by atoms with Crippen LogP contribution >= 0.6 is 0 Å². The van der Waals surface area contributed by atoms with Crippen LogP contribution in [0, 0.1) is 11.8 Å². The normalized spacial score (nSPS) is 19.6. The van der Waals surface area contributed by atoms with Gasteiger partial charge in [0.2, 0.25) is 29.5 Å². The van der Waals surface area contributed by atoms with Crippen LogP contribution in [0.2, 0.25) is 0 Å². The molecule has 0 radical (unpaired) electrons. The number of likely N-dealkylation sites (N-methyl/N-ethyl adjacent to an activating group) is 3. The standard InChI is InChI=1S/C43H62N6O7/c1-9-29(4)37(42(54)49-25-17-23-34(49)43(55)56)47(8)40(52)33-22-16-24-48(33)41(53)36(28(2)3)46(7)39(51)32(26-30-18-12-10-13-19-30)44-38(50)35(45(5)6)27-31-20-14-11-15-21-31/h10-15,18-21,28-29,32-37H,9,16-17,22-27H2,1-8H3,(H,44,50)(H,55,56)/t29-,32-,33+,34+,35+,36+,37-/m1/s1. The first-order valence-electron chi connectivity index (χ1n) is 20.0. The van der Waals surface area contributed by atoms with Gasteiger partial charge < -0.3 is 30.0 Å². The summed E-state index contributed by atoms with van der Waals surface area (Å²) in [6, 6.07) is 13.9. The minimum Gasteiger partial charge on any atom is -0.480 e. The molecule has 2 N–H and O–H groups in total. The Labute approximate surface area is 332 Å². The Morgan fingerprint density at radius 1 is 0.732 bits per heavy atom. The SMILES string of the molecule is CC[C@@H](C)[C@H](C(=O)N1CCC[C@H]1C(=O)O)N(C)C(=O)[C@@H]1CCCN1C(=O)[C@H](C(C)C)N(C)C(=O)[C@@H](Cc1ccccc1)NC(=O)[C@H](Cc1ccccc1)N(C)C. The lowest BCUT2D eigenvalue weighted by atomic mass is 9.95. The molecule has 0 aliphatic carbocycles. The Morgan fingerprint density at radius 3 is 1.73 bits per heavy atom. The molecule has 0 unspecified atom stereocenters. The molecule has 0 spiro atoms. The van der Waals surface area contributed by atoms with E-state index < -0.39 is 54.0 Å². The van der Waals surface area contributed by atoms with E-state index in [4.69, 9.17) is 0 Å². The Kier molecular flexibility index (Phi) is 15.6. The molecule has 13 heteroatoms. The molecule has 4 rings (SSSR count). The first kappa shape index (κ1) is 43.9. The second kappa shape index (κ2) is 19.9. The summed E-state index contributed by atoms with van der Waals surface area (Å²) in [5, 5.41) is 12.8. The molecule has 2 saturated heterocycles. The number of likely N-dealkylation sites (tertiary alicyclic amines) is 2. The molecular formula is C43H62N6O7. The maximum Gasteiger partial charge on any atom is 0.326 e. The van der Waals surface area contributed by atoms with Gasteiger partial charge in [-0.2, -0.15) is 0 Å². The predicted molar refractivity (Wildman–Crippen MR) is 214 cm³/mol. The summed E-state index contributed by atoms with van der Waals surface area (Å²) in [5.41, 5.74) is 1.83. The summed E-state index contributed by atoms with van der Waals surface area (Å²) in [4.78, 5) is 91.0. The lowest BCUT2D eigenvalue weighted by Gasteiger charge is -2.40.